The van der Waals surface area contributed by atoms with Crippen LogP contribution in [-0.2, 0) is 5.75 Å². The molecule has 5 nitrogen and oxygen atoms in total. The SMILES string of the molecule is Cc1ccc(C(=O)Nc2nnc(SCc3ccc(C#N)cc3)s2)s1. The van der Waals surface area contributed by atoms with Crippen molar-refractivity contribution in [3.8, 4) is 6.07 Å². The average Bonchev–Trinajstić information content (AvgIpc) is 3.22. The molecule has 3 rings (SSSR count). The number of carbonyl (C=O) groups excluding carboxylic acids is 1. The summed E-state index contributed by atoms with van der Waals surface area (Å²) in [6, 6.07) is 13.3. The maximum absolute atomic E-state index is 12.1. The highest BCUT2D eigenvalue weighted by atomic mass is 32.2. The molecule has 0 radical (unpaired) electrons. The molecular formula is C16H12N4OS3. The van der Waals surface area contributed by atoms with Gasteiger partial charge in [0.1, 0.15) is 0 Å². The van der Waals surface area contributed by atoms with Crippen LogP contribution in [0.3, 0.4) is 0 Å². The lowest BCUT2D eigenvalue weighted by molar-refractivity contribution is 0.103. The second-order valence-electron chi connectivity index (χ2n) is 4.83. The molecular weight excluding hydrogens is 360 g/mol. The molecule has 1 N–H and O–H groups in total. The van der Waals surface area contributed by atoms with Gasteiger partial charge in [0.2, 0.25) is 5.13 Å². The molecule has 2 aromatic heterocycles. The van der Waals surface area contributed by atoms with Crippen LogP contribution < -0.4 is 5.32 Å². The predicted molar refractivity (Wildman–Crippen MR) is 97.6 cm³/mol. The van der Waals surface area contributed by atoms with Gasteiger partial charge in [-0.2, -0.15) is 5.26 Å². The third-order valence-corrected chi connectivity index (χ3v) is 6.08. The van der Waals surface area contributed by atoms with E-state index in [1.807, 2.05) is 25.1 Å². The third kappa shape index (κ3) is 4.20. The van der Waals surface area contributed by atoms with Crippen LogP contribution in [0.5, 0.6) is 0 Å². The van der Waals surface area contributed by atoms with Gasteiger partial charge in [-0.3, -0.25) is 10.1 Å². The van der Waals surface area contributed by atoms with Crippen molar-refractivity contribution in [3.05, 3.63) is 57.3 Å². The molecule has 0 unspecified atom stereocenters. The zero-order valence-corrected chi connectivity index (χ0v) is 15.1. The summed E-state index contributed by atoms with van der Waals surface area (Å²) >= 11 is 4.35. The van der Waals surface area contributed by atoms with Gasteiger partial charge in [0.05, 0.1) is 16.5 Å². The normalized spacial score (nSPS) is 10.3. The van der Waals surface area contributed by atoms with E-state index in [0.29, 0.717) is 15.6 Å². The van der Waals surface area contributed by atoms with E-state index < -0.39 is 0 Å². The Bertz CT molecular complexity index is 893. The van der Waals surface area contributed by atoms with Gasteiger partial charge in [0, 0.05) is 10.6 Å². The Kier molecular flexibility index (Phi) is 5.25. The van der Waals surface area contributed by atoms with Gasteiger partial charge >= 0.3 is 0 Å². The van der Waals surface area contributed by atoms with Gasteiger partial charge in [0.25, 0.3) is 5.91 Å². The van der Waals surface area contributed by atoms with Crippen LogP contribution in [0.1, 0.15) is 25.7 Å². The number of thiophene rings is 1. The molecule has 0 fully saturated rings. The van der Waals surface area contributed by atoms with E-state index in [4.69, 9.17) is 5.26 Å². The molecule has 0 bridgehead atoms. The number of amides is 1. The van der Waals surface area contributed by atoms with Crippen molar-refractivity contribution < 1.29 is 4.79 Å². The standard InChI is InChI=1S/C16H12N4OS3/c1-10-2-7-13(23-10)14(21)18-15-19-20-16(24-15)22-9-12-5-3-11(8-17)4-6-12/h2-7H,9H2,1H3,(H,18,19,21). The number of anilines is 1. The maximum atomic E-state index is 12.1. The number of benzene rings is 1. The molecule has 1 aromatic carbocycles. The molecule has 8 heteroatoms. The van der Waals surface area contributed by atoms with Gasteiger partial charge in [-0.05, 0) is 36.8 Å². The lowest BCUT2D eigenvalue weighted by Crippen LogP contribution is -2.09. The summed E-state index contributed by atoms with van der Waals surface area (Å²) in [7, 11) is 0. The van der Waals surface area contributed by atoms with Crippen LogP contribution >= 0.6 is 34.4 Å². The fraction of sp³-hybridized carbons (Fsp3) is 0.125. The molecule has 0 saturated carbocycles. The van der Waals surface area contributed by atoms with Gasteiger partial charge in [-0.1, -0.05) is 35.2 Å². The Morgan fingerprint density at radius 1 is 1.21 bits per heavy atom. The number of rotatable bonds is 5. The van der Waals surface area contributed by atoms with E-state index >= 15 is 0 Å². The number of carbonyl (C=O) groups is 1. The first kappa shape index (κ1) is 16.6. The third-order valence-electron chi connectivity index (χ3n) is 3.04. The largest absolute Gasteiger partial charge is 0.296 e. The quantitative estimate of drug-likeness (QED) is 0.533. The lowest BCUT2D eigenvalue weighted by Gasteiger charge is -1.98. The molecule has 24 heavy (non-hydrogen) atoms. The number of thioether (sulfide) groups is 1. The fourth-order valence-corrected chi connectivity index (χ4v) is 4.32. The second kappa shape index (κ2) is 7.57. The van der Waals surface area contributed by atoms with Gasteiger partial charge < -0.3 is 0 Å². The van der Waals surface area contributed by atoms with Crippen LogP contribution in [0.25, 0.3) is 0 Å². The zero-order valence-electron chi connectivity index (χ0n) is 12.6. The number of aromatic nitrogens is 2. The summed E-state index contributed by atoms with van der Waals surface area (Å²) in [5.74, 6) is 0.575. The van der Waals surface area contributed by atoms with Crippen molar-refractivity contribution in [2.24, 2.45) is 0 Å². The Morgan fingerprint density at radius 2 is 2.00 bits per heavy atom. The predicted octanol–water partition coefficient (Wildman–Crippen LogP) is 4.32. The topological polar surface area (TPSA) is 78.7 Å². The van der Waals surface area contributed by atoms with E-state index in [1.165, 1.54) is 22.7 Å². The highest BCUT2D eigenvalue weighted by Gasteiger charge is 2.12. The number of nitriles is 1. The average molecular weight is 373 g/mol. The van der Waals surface area contributed by atoms with E-state index in [-0.39, 0.29) is 5.91 Å². The summed E-state index contributed by atoms with van der Waals surface area (Å²) in [5.41, 5.74) is 1.75. The molecule has 0 aliphatic rings. The molecule has 0 aliphatic heterocycles. The molecule has 3 aromatic rings. The van der Waals surface area contributed by atoms with Crippen LogP contribution in [0.2, 0.25) is 0 Å². The summed E-state index contributed by atoms with van der Waals surface area (Å²) in [6.07, 6.45) is 0. The number of nitrogens with zero attached hydrogens (tertiary/aromatic N) is 3. The number of aryl methyl sites for hydroxylation is 1. The van der Waals surface area contributed by atoms with Crippen molar-refractivity contribution in [1.82, 2.24) is 10.2 Å². The first-order chi connectivity index (χ1) is 11.6. The lowest BCUT2D eigenvalue weighted by atomic mass is 10.2. The zero-order chi connectivity index (χ0) is 16.9. The minimum atomic E-state index is -0.159. The van der Waals surface area contributed by atoms with E-state index in [1.54, 1.807) is 30.0 Å². The molecule has 0 atom stereocenters. The molecule has 0 aliphatic carbocycles. The number of hydrogen-bond donors (Lipinski definition) is 1. The van der Waals surface area contributed by atoms with Crippen LogP contribution in [0, 0.1) is 18.3 Å². The summed E-state index contributed by atoms with van der Waals surface area (Å²) in [6.45, 7) is 1.96. The van der Waals surface area contributed by atoms with Gasteiger partial charge in [0.15, 0.2) is 4.34 Å². The highest BCUT2D eigenvalue weighted by molar-refractivity contribution is 8.00. The van der Waals surface area contributed by atoms with Crippen molar-refractivity contribution in [3.63, 3.8) is 0 Å². The van der Waals surface area contributed by atoms with Gasteiger partial charge in [-0.15, -0.1) is 21.5 Å². The minimum Gasteiger partial charge on any atom is -0.296 e. The fourth-order valence-electron chi connectivity index (χ4n) is 1.85. The second-order valence-corrected chi connectivity index (χ2v) is 8.32. The highest BCUT2D eigenvalue weighted by Crippen LogP contribution is 2.29. The molecule has 0 saturated heterocycles. The van der Waals surface area contributed by atoms with Crippen molar-refractivity contribution in [1.29, 1.82) is 5.26 Å². The summed E-state index contributed by atoms with van der Waals surface area (Å²) < 4.78 is 0.789. The molecule has 120 valence electrons. The van der Waals surface area contributed by atoms with Crippen LogP contribution in [0.4, 0.5) is 5.13 Å². The van der Waals surface area contributed by atoms with E-state index in [0.717, 1.165) is 20.5 Å². The summed E-state index contributed by atoms with van der Waals surface area (Å²) in [5, 5.41) is 20.1. The summed E-state index contributed by atoms with van der Waals surface area (Å²) in [4.78, 5) is 13.8. The van der Waals surface area contributed by atoms with Crippen molar-refractivity contribution >= 4 is 45.5 Å². The Hall–Kier alpha value is -2.21. The first-order valence-electron chi connectivity index (χ1n) is 6.97. The van der Waals surface area contributed by atoms with Crippen LogP contribution in [-0.4, -0.2) is 16.1 Å². The number of hydrogen-bond acceptors (Lipinski definition) is 7. The van der Waals surface area contributed by atoms with E-state index in [2.05, 4.69) is 21.6 Å². The minimum absolute atomic E-state index is 0.159. The number of nitrogens with one attached hydrogen (secondary N) is 1. The Balaban J connectivity index is 1.57. The van der Waals surface area contributed by atoms with Crippen molar-refractivity contribution in [2.75, 3.05) is 5.32 Å². The Labute approximate surface area is 151 Å². The van der Waals surface area contributed by atoms with E-state index in [9.17, 15) is 4.79 Å². The first-order valence-corrected chi connectivity index (χ1v) is 9.59. The molecule has 1 amide bonds. The Morgan fingerprint density at radius 3 is 2.67 bits per heavy atom. The van der Waals surface area contributed by atoms with Gasteiger partial charge in [-0.25, -0.2) is 0 Å². The maximum Gasteiger partial charge on any atom is 0.267 e. The molecule has 2 heterocycles. The van der Waals surface area contributed by atoms with Crippen molar-refractivity contribution in [2.45, 2.75) is 17.0 Å². The smallest absolute Gasteiger partial charge is 0.267 e. The monoisotopic (exact) mass is 372 g/mol. The van der Waals surface area contributed by atoms with Crippen LogP contribution in [0.15, 0.2) is 40.7 Å². The molecule has 0 spiro atoms.